The van der Waals surface area contributed by atoms with Crippen LogP contribution in [0.4, 0.5) is 0 Å². The second kappa shape index (κ2) is 10.3. The number of benzene rings is 2. The van der Waals surface area contributed by atoms with Gasteiger partial charge < -0.3 is 15.5 Å². The molecule has 27 heavy (non-hydrogen) atoms. The lowest BCUT2D eigenvalue weighted by molar-refractivity contribution is -0.142. The summed E-state index contributed by atoms with van der Waals surface area (Å²) in [5.74, 6) is -1.31. The Morgan fingerprint density at radius 3 is 2.30 bits per heavy atom. The number of aromatic hydroxyl groups is 1. The Morgan fingerprint density at radius 2 is 1.74 bits per heavy atom. The molecule has 0 heterocycles. The zero-order valence-corrected chi connectivity index (χ0v) is 16.6. The summed E-state index contributed by atoms with van der Waals surface area (Å²) < 4.78 is 0. The van der Waals surface area contributed by atoms with E-state index in [0.29, 0.717) is 5.75 Å². The van der Waals surface area contributed by atoms with Gasteiger partial charge in [0.1, 0.15) is 11.8 Å². The predicted octanol–water partition coefficient (Wildman–Crippen LogP) is 3.50. The van der Waals surface area contributed by atoms with Gasteiger partial charge in [-0.2, -0.15) is 0 Å². The molecule has 0 fully saturated rings. The maximum Gasteiger partial charge on any atom is 0.326 e. The summed E-state index contributed by atoms with van der Waals surface area (Å²) in [6, 6.07) is 14.9. The van der Waals surface area contributed by atoms with Crippen molar-refractivity contribution >= 4 is 34.3 Å². The minimum atomic E-state index is -1.10. The Bertz CT molecular complexity index is 752. The number of amides is 1. The van der Waals surface area contributed by atoms with Crippen LogP contribution >= 0.6 is 22.5 Å². The first-order chi connectivity index (χ1) is 12.9. The van der Waals surface area contributed by atoms with E-state index in [2.05, 4.69) is 17.0 Å². The summed E-state index contributed by atoms with van der Waals surface area (Å²) in [4.78, 5) is 24.5. The SMILES string of the molecule is CC(c1ccccc1)C(CSS)C(=O)NC(Cc1ccc(O)cc1)C(=O)O. The Morgan fingerprint density at radius 1 is 1.11 bits per heavy atom. The van der Waals surface area contributed by atoms with E-state index in [-0.39, 0.29) is 24.0 Å². The highest BCUT2D eigenvalue weighted by Crippen LogP contribution is 2.28. The first-order valence-corrected chi connectivity index (χ1v) is 10.6. The number of thiol groups is 1. The normalized spacial score (nSPS) is 14.1. The molecule has 1 amide bonds. The molecule has 2 aromatic carbocycles. The minimum Gasteiger partial charge on any atom is -0.508 e. The molecule has 2 rings (SSSR count). The second-order valence-electron chi connectivity index (χ2n) is 6.37. The van der Waals surface area contributed by atoms with Gasteiger partial charge in [-0.05, 0) is 29.2 Å². The zero-order valence-electron chi connectivity index (χ0n) is 14.9. The number of hydrogen-bond acceptors (Lipinski definition) is 5. The predicted molar refractivity (Wildman–Crippen MR) is 111 cm³/mol. The molecule has 0 aliphatic rings. The maximum atomic E-state index is 12.8. The van der Waals surface area contributed by atoms with Gasteiger partial charge in [0.2, 0.25) is 5.91 Å². The lowest BCUT2D eigenvalue weighted by Crippen LogP contribution is -2.46. The van der Waals surface area contributed by atoms with Gasteiger partial charge in [-0.1, -0.05) is 60.2 Å². The van der Waals surface area contributed by atoms with Crippen LogP contribution in [0.5, 0.6) is 5.75 Å². The molecule has 3 N–H and O–H groups in total. The molecule has 7 heteroatoms. The van der Waals surface area contributed by atoms with E-state index in [4.69, 9.17) is 0 Å². The fourth-order valence-corrected chi connectivity index (χ4v) is 3.95. The number of nitrogens with one attached hydrogen (secondary N) is 1. The summed E-state index contributed by atoms with van der Waals surface area (Å²) in [5.41, 5.74) is 1.74. The average molecular weight is 406 g/mol. The number of carbonyl (C=O) groups is 2. The fourth-order valence-electron chi connectivity index (χ4n) is 2.86. The monoisotopic (exact) mass is 405 g/mol. The van der Waals surface area contributed by atoms with Crippen LogP contribution in [0.3, 0.4) is 0 Å². The van der Waals surface area contributed by atoms with Crippen molar-refractivity contribution in [1.82, 2.24) is 5.32 Å². The number of phenolic OH excluding ortho intramolecular Hbond substituents is 1. The summed E-state index contributed by atoms with van der Waals surface area (Å²) in [5, 5.41) is 21.5. The van der Waals surface area contributed by atoms with Gasteiger partial charge in [0.15, 0.2) is 0 Å². The number of aliphatic carboxylic acids is 1. The highest BCUT2D eigenvalue weighted by Gasteiger charge is 2.29. The van der Waals surface area contributed by atoms with Gasteiger partial charge in [0, 0.05) is 12.2 Å². The fraction of sp³-hybridized carbons (Fsp3) is 0.300. The van der Waals surface area contributed by atoms with Gasteiger partial charge in [-0.25, -0.2) is 4.79 Å². The molecule has 2 aromatic rings. The molecule has 3 unspecified atom stereocenters. The van der Waals surface area contributed by atoms with Gasteiger partial charge in [0.25, 0.3) is 0 Å². The lowest BCUT2D eigenvalue weighted by Gasteiger charge is -2.25. The third-order valence-corrected chi connectivity index (χ3v) is 5.47. The Kier molecular flexibility index (Phi) is 8.06. The van der Waals surface area contributed by atoms with E-state index in [1.54, 1.807) is 12.1 Å². The van der Waals surface area contributed by atoms with Crippen LogP contribution in [0, 0.1) is 5.92 Å². The number of hydrogen-bond donors (Lipinski definition) is 4. The largest absolute Gasteiger partial charge is 0.508 e. The van der Waals surface area contributed by atoms with E-state index in [9.17, 15) is 19.8 Å². The lowest BCUT2D eigenvalue weighted by atomic mass is 9.88. The molecule has 0 radical (unpaired) electrons. The van der Waals surface area contributed by atoms with Crippen LogP contribution in [0.15, 0.2) is 54.6 Å². The highest BCUT2D eigenvalue weighted by atomic mass is 33.1. The van der Waals surface area contributed by atoms with E-state index in [1.807, 2.05) is 37.3 Å². The van der Waals surface area contributed by atoms with Crippen molar-refractivity contribution in [3.05, 3.63) is 65.7 Å². The van der Waals surface area contributed by atoms with Crippen LogP contribution in [0.25, 0.3) is 0 Å². The molecule has 0 saturated carbocycles. The van der Waals surface area contributed by atoms with Crippen molar-refractivity contribution in [2.45, 2.75) is 25.3 Å². The molecule has 0 aliphatic carbocycles. The van der Waals surface area contributed by atoms with Crippen LogP contribution in [-0.2, 0) is 16.0 Å². The van der Waals surface area contributed by atoms with E-state index >= 15 is 0 Å². The van der Waals surface area contributed by atoms with Gasteiger partial charge in [0.05, 0.1) is 5.92 Å². The van der Waals surface area contributed by atoms with Crippen molar-refractivity contribution < 1.29 is 19.8 Å². The standard InChI is InChI=1S/C20H23NO4S2/c1-13(15-5-3-2-4-6-15)17(12-27-26)19(23)21-18(20(24)25)11-14-7-9-16(22)10-8-14/h2-10,13,17-18,22,26H,11-12H2,1H3,(H,21,23)(H,24,25). The smallest absolute Gasteiger partial charge is 0.326 e. The number of rotatable bonds is 9. The first kappa shape index (κ1) is 21.2. The number of carboxylic acid groups (broad SMARTS) is 1. The van der Waals surface area contributed by atoms with Crippen molar-refractivity contribution in [2.24, 2.45) is 5.92 Å². The summed E-state index contributed by atoms with van der Waals surface area (Å²) >= 11 is 4.18. The topological polar surface area (TPSA) is 86.6 Å². The highest BCUT2D eigenvalue weighted by molar-refractivity contribution is 8.68. The zero-order chi connectivity index (χ0) is 19.8. The summed E-state index contributed by atoms with van der Waals surface area (Å²) in [6.07, 6.45) is 0.141. The van der Waals surface area contributed by atoms with Crippen molar-refractivity contribution in [1.29, 1.82) is 0 Å². The Hall–Kier alpha value is -2.12. The third kappa shape index (κ3) is 6.22. The molecule has 0 bridgehead atoms. The number of phenols is 1. The second-order valence-corrected chi connectivity index (χ2v) is 7.74. The molecule has 0 spiro atoms. The molecular formula is C20H23NO4S2. The number of carboxylic acids is 1. The van der Waals surface area contributed by atoms with Crippen LogP contribution in [0.2, 0.25) is 0 Å². The molecular weight excluding hydrogens is 382 g/mol. The molecule has 144 valence electrons. The van der Waals surface area contributed by atoms with E-state index in [0.717, 1.165) is 11.1 Å². The summed E-state index contributed by atoms with van der Waals surface area (Å²) in [6.45, 7) is 1.96. The van der Waals surface area contributed by atoms with Crippen LogP contribution in [0.1, 0.15) is 24.0 Å². The molecule has 5 nitrogen and oxygen atoms in total. The van der Waals surface area contributed by atoms with Crippen LogP contribution in [-0.4, -0.2) is 33.9 Å². The quantitative estimate of drug-likeness (QED) is 0.379. The average Bonchev–Trinajstić information content (AvgIpc) is 2.67. The maximum absolute atomic E-state index is 12.8. The van der Waals surface area contributed by atoms with Crippen molar-refractivity contribution in [2.75, 3.05) is 5.75 Å². The van der Waals surface area contributed by atoms with Gasteiger partial charge >= 0.3 is 5.97 Å². The van der Waals surface area contributed by atoms with Gasteiger partial charge in [-0.3, -0.25) is 4.79 Å². The minimum absolute atomic E-state index is 0.0750. The first-order valence-electron chi connectivity index (χ1n) is 8.54. The number of carbonyl (C=O) groups excluding carboxylic acids is 1. The van der Waals surface area contributed by atoms with Gasteiger partial charge in [-0.15, -0.1) is 11.7 Å². The summed E-state index contributed by atoms with van der Waals surface area (Å²) in [7, 11) is 1.26. The Balaban J connectivity index is 2.12. The van der Waals surface area contributed by atoms with Crippen molar-refractivity contribution in [3.63, 3.8) is 0 Å². The molecule has 0 saturated heterocycles. The van der Waals surface area contributed by atoms with Crippen LogP contribution < -0.4 is 5.32 Å². The Labute approximate surface area is 168 Å². The molecule has 3 atom stereocenters. The molecule has 0 aliphatic heterocycles. The van der Waals surface area contributed by atoms with E-state index in [1.165, 1.54) is 22.9 Å². The molecule has 0 aromatic heterocycles. The van der Waals surface area contributed by atoms with E-state index < -0.39 is 17.9 Å². The van der Waals surface area contributed by atoms with Crippen molar-refractivity contribution in [3.8, 4) is 5.75 Å². The third-order valence-electron chi connectivity index (χ3n) is 4.51.